The molecule has 216 valence electrons. The molecule has 1 spiro atoms. The van der Waals surface area contributed by atoms with E-state index in [1.54, 1.807) is 6.07 Å². The summed E-state index contributed by atoms with van der Waals surface area (Å²) in [6, 6.07) is 28.6. The fourth-order valence-corrected chi connectivity index (χ4v) is 6.54. The van der Waals surface area contributed by atoms with Crippen LogP contribution in [0.4, 0.5) is 4.39 Å². The van der Waals surface area contributed by atoms with Gasteiger partial charge in [0.1, 0.15) is 19.0 Å². The second-order valence-electron chi connectivity index (χ2n) is 11.2. The van der Waals surface area contributed by atoms with Crippen molar-refractivity contribution in [2.45, 2.75) is 38.4 Å². The van der Waals surface area contributed by atoms with E-state index in [2.05, 4.69) is 10.3 Å². The fraction of sp³-hybridized carbons (Fsp3) is 0.314. The van der Waals surface area contributed by atoms with Crippen LogP contribution in [0.1, 0.15) is 41.9 Å². The quantitative estimate of drug-likeness (QED) is 0.228. The SMILES string of the molecule is COC(=O)C1CC2(CCNCC2)C1c1ccc(-c2ccc(OCc3ccccc3)nc2OCc2ccccc2)cc1F. The zero-order chi connectivity index (χ0) is 28.9. The Balaban J connectivity index is 1.30. The van der Waals surface area contributed by atoms with Gasteiger partial charge >= 0.3 is 5.97 Å². The molecule has 0 radical (unpaired) electrons. The summed E-state index contributed by atoms with van der Waals surface area (Å²) in [5, 5.41) is 3.40. The number of piperidine rings is 1. The maximum atomic E-state index is 16.0. The molecule has 1 saturated carbocycles. The molecule has 2 unspecified atom stereocenters. The Morgan fingerprint density at radius 1 is 0.905 bits per heavy atom. The van der Waals surface area contributed by atoms with Crippen molar-refractivity contribution in [2.75, 3.05) is 20.2 Å². The predicted octanol–water partition coefficient (Wildman–Crippen LogP) is 6.69. The second kappa shape index (κ2) is 12.3. The summed E-state index contributed by atoms with van der Waals surface area (Å²) >= 11 is 0. The lowest BCUT2D eigenvalue weighted by atomic mass is 9.48. The molecule has 1 aromatic heterocycles. The summed E-state index contributed by atoms with van der Waals surface area (Å²) in [5.74, 6) is -0.349. The van der Waals surface area contributed by atoms with E-state index in [1.807, 2.05) is 78.9 Å². The van der Waals surface area contributed by atoms with Crippen molar-refractivity contribution in [3.05, 3.63) is 114 Å². The number of carbonyl (C=O) groups excluding carboxylic acids is 1. The van der Waals surface area contributed by atoms with E-state index in [9.17, 15) is 4.79 Å². The van der Waals surface area contributed by atoms with Crippen molar-refractivity contribution in [1.29, 1.82) is 0 Å². The Morgan fingerprint density at radius 2 is 1.57 bits per heavy atom. The van der Waals surface area contributed by atoms with Gasteiger partial charge in [-0.05, 0) is 72.2 Å². The van der Waals surface area contributed by atoms with Gasteiger partial charge in [-0.3, -0.25) is 4.79 Å². The van der Waals surface area contributed by atoms with Crippen molar-refractivity contribution in [2.24, 2.45) is 11.3 Å². The molecule has 3 aromatic carbocycles. The molecule has 4 aromatic rings. The molecule has 7 heteroatoms. The van der Waals surface area contributed by atoms with Crippen molar-refractivity contribution >= 4 is 5.97 Å². The minimum atomic E-state index is -0.332. The van der Waals surface area contributed by atoms with Gasteiger partial charge in [-0.15, -0.1) is 0 Å². The number of benzene rings is 3. The highest BCUT2D eigenvalue weighted by Gasteiger charge is 2.58. The molecule has 6 nitrogen and oxygen atoms in total. The number of esters is 1. The van der Waals surface area contributed by atoms with Gasteiger partial charge < -0.3 is 19.5 Å². The molecule has 2 heterocycles. The first-order valence-corrected chi connectivity index (χ1v) is 14.5. The van der Waals surface area contributed by atoms with Gasteiger partial charge in [0.15, 0.2) is 0 Å². The Labute approximate surface area is 245 Å². The van der Waals surface area contributed by atoms with E-state index < -0.39 is 0 Å². The minimum absolute atomic E-state index is 0.0876. The minimum Gasteiger partial charge on any atom is -0.473 e. The molecule has 42 heavy (non-hydrogen) atoms. The molecule has 1 aliphatic heterocycles. The Kier molecular flexibility index (Phi) is 8.20. The number of carbonyl (C=O) groups is 1. The van der Waals surface area contributed by atoms with E-state index >= 15 is 4.39 Å². The highest BCUT2D eigenvalue weighted by atomic mass is 19.1. The normalized spacial score (nSPS) is 19.1. The lowest BCUT2D eigenvalue weighted by Crippen LogP contribution is -2.54. The summed E-state index contributed by atoms with van der Waals surface area (Å²) in [4.78, 5) is 17.3. The van der Waals surface area contributed by atoms with Gasteiger partial charge in [0, 0.05) is 17.5 Å². The van der Waals surface area contributed by atoms with Crippen LogP contribution in [-0.4, -0.2) is 31.2 Å². The topological polar surface area (TPSA) is 69.7 Å². The van der Waals surface area contributed by atoms with Crippen molar-refractivity contribution in [3.63, 3.8) is 0 Å². The predicted molar refractivity (Wildman–Crippen MR) is 159 cm³/mol. The van der Waals surface area contributed by atoms with Gasteiger partial charge in [-0.1, -0.05) is 72.8 Å². The van der Waals surface area contributed by atoms with Crippen LogP contribution in [0.5, 0.6) is 11.8 Å². The molecule has 1 N–H and O–H groups in total. The monoisotopic (exact) mass is 566 g/mol. The number of pyridine rings is 1. The fourth-order valence-electron chi connectivity index (χ4n) is 6.54. The third kappa shape index (κ3) is 5.74. The highest BCUT2D eigenvalue weighted by Crippen LogP contribution is 2.62. The maximum Gasteiger partial charge on any atom is 0.309 e. The first-order valence-electron chi connectivity index (χ1n) is 14.5. The lowest BCUT2D eigenvalue weighted by molar-refractivity contribution is -0.158. The standard InChI is InChI=1S/C35H35FN2O4/c1-40-34(39)29-21-35(16-18-37-19-17-35)32(29)28-13-12-26(20-30(28)36)27-14-15-31(41-22-24-8-4-2-5-9-24)38-33(27)42-23-25-10-6-3-7-11-25/h2-15,20,29,32,37H,16-19,21-23H2,1H3. The van der Waals surface area contributed by atoms with Crippen LogP contribution in [0, 0.1) is 17.2 Å². The molecule has 2 atom stereocenters. The number of rotatable bonds is 9. The molecule has 1 saturated heterocycles. The van der Waals surface area contributed by atoms with E-state index in [-0.39, 0.29) is 29.0 Å². The van der Waals surface area contributed by atoms with Gasteiger partial charge in [-0.25, -0.2) is 4.39 Å². The number of halogens is 1. The highest BCUT2D eigenvalue weighted by molar-refractivity contribution is 5.76. The Bertz CT molecular complexity index is 1520. The second-order valence-corrected chi connectivity index (χ2v) is 11.2. The van der Waals surface area contributed by atoms with E-state index in [0.29, 0.717) is 41.7 Å². The number of aromatic nitrogens is 1. The largest absolute Gasteiger partial charge is 0.473 e. The van der Waals surface area contributed by atoms with Crippen LogP contribution in [-0.2, 0) is 22.7 Å². The third-order valence-corrected chi connectivity index (χ3v) is 8.72. The molecule has 0 bridgehead atoms. The number of nitrogens with zero attached hydrogens (tertiary/aromatic N) is 1. The number of nitrogens with one attached hydrogen (secondary N) is 1. The van der Waals surface area contributed by atoms with Gasteiger partial charge in [0.25, 0.3) is 0 Å². The van der Waals surface area contributed by atoms with Gasteiger partial charge in [0.05, 0.1) is 13.0 Å². The van der Waals surface area contributed by atoms with Crippen molar-refractivity contribution in [3.8, 4) is 22.9 Å². The number of hydrogen-bond acceptors (Lipinski definition) is 6. The zero-order valence-electron chi connectivity index (χ0n) is 23.7. The first kappa shape index (κ1) is 27.9. The summed E-state index contributed by atoms with van der Waals surface area (Å²) in [7, 11) is 1.41. The van der Waals surface area contributed by atoms with Crippen LogP contribution in [0.2, 0.25) is 0 Å². The van der Waals surface area contributed by atoms with Crippen LogP contribution in [0.3, 0.4) is 0 Å². The van der Waals surface area contributed by atoms with Crippen LogP contribution in [0.15, 0.2) is 91.0 Å². The average molecular weight is 567 g/mol. The van der Waals surface area contributed by atoms with Crippen molar-refractivity contribution < 1.29 is 23.4 Å². The summed E-state index contributed by atoms with van der Waals surface area (Å²) in [5.41, 5.74) is 3.82. The Morgan fingerprint density at radius 3 is 2.21 bits per heavy atom. The van der Waals surface area contributed by atoms with E-state index in [1.165, 1.54) is 13.2 Å². The molecular formula is C35H35FN2O4. The summed E-state index contributed by atoms with van der Waals surface area (Å²) < 4.78 is 33.3. The molecule has 1 aliphatic carbocycles. The molecule has 2 aliphatic rings. The van der Waals surface area contributed by atoms with Gasteiger partial charge in [0.2, 0.25) is 11.8 Å². The molecule has 0 amide bonds. The molecule has 2 fully saturated rings. The zero-order valence-corrected chi connectivity index (χ0v) is 23.7. The smallest absolute Gasteiger partial charge is 0.309 e. The first-order chi connectivity index (χ1) is 20.6. The molecule has 6 rings (SSSR count). The van der Waals surface area contributed by atoms with Gasteiger partial charge in [-0.2, -0.15) is 4.98 Å². The average Bonchev–Trinajstić information content (AvgIpc) is 3.04. The van der Waals surface area contributed by atoms with E-state index in [4.69, 9.17) is 14.2 Å². The van der Waals surface area contributed by atoms with E-state index in [0.717, 1.165) is 43.5 Å². The number of methoxy groups -OCH3 is 1. The lowest BCUT2D eigenvalue weighted by Gasteiger charge is -2.56. The number of ether oxygens (including phenoxy) is 3. The van der Waals surface area contributed by atoms with Crippen LogP contribution in [0.25, 0.3) is 11.1 Å². The summed E-state index contributed by atoms with van der Waals surface area (Å²) in [6.45, 7) is 2.42. The maximum absolute atomic E-state index is 16.0. The third-order valence-electron chi connectivity index (χ3n) is 8.72. The molecular weight excluding hydrogens is 531 g/mol. The van der Waals surface area contributed by atoms with Crippen LogP contribution < -0.4 is 14.8 Å². The van der Waals surface area contributed by atoms with Crippen molar-refractivity contribution in [1.82, 2.24) is 10.3 Å². The number of hydrogen-bond donors (Lipinski definition) is 1. The Hall–Kier alpha value is -4.23. The van der Waals surface area contributed by atoms with Crippen LogP contribution >= 0.6 is 0 Å². The summed E-state index contributed by atoms with van der Waals surface area (Å²) in [6.07, 6.45) is 2.56.